The lowest BCUT2D eigenvalue weighted by Gasteiger charge is -2.32. The van der Waals surface area contributed by atoms with E-state index in [0.29, 0.717) is 11.1 Å². The van der Waals surface area contributed by atoms with E-state index in [1.165, 1.54) is 18.9 Å². The first-order valence-electron chi connectivity index (χ1n) is 16.7. The molecule has 3 amide bonds. The minimum atomic E-state index is -1.70. The maximum Gasteiger partial charge on any atom is 0.272 e. The van der Waals surface area contributed by atoms with Crippen LogP contribution in [-0.4, -0.2) is 106 Å². The average molecular weight is 721 g/mol. The van der Waals surface area contributed by atoms with Crippen molar-refractivity contribution in [3.63, 3.8) is 0 Å². The molecular formula is C37H54N9O6+. The fourth-order valence-electron chi connectivity index (χ4n) is 4.83. The van der Waals surface area contributed by atoms with E-state index in [1.807, 2.05) is 38.1 Å². The molecule has 0 unspecified atom stereocenters. The summed E-state index contributed by atoms with van der Waals surface area (Å²) >= 11 is 0. The van der Waals surface area contributed by atoms with Gasteiger partial charge in [0.1, 0.15) is 37.4 Å². The van der Waals surface area contributed by atoms with Gasteiger partial charge in [-0.3, -0.25) is 19.6 Å². The van der Waals surface area contributed by atoms with Gasteiger partial charge in [0.05, 0.1) is 56.9 Å². The Labute approximate surface area is 306 Å². The van der Waals surface area contributed by atoms with E-state index in [4.69, 9.17) is 20.8 Å². The van der Waals surface area contributed by atoms with Crippen molar-refractivity contribution in [1.82, 2.24) is 30.9 Å². The summed E-state index contributed by atoms with van der Waals surface area (Å²) in [5.41, 5.74) is 4.00. The van der Waals surface area contributed by atoms with Gasteiger partial charge in [-0.1, -0.05) is 58.9 Å². The molecule has 0 aliphatic rings. The Bertz CT molecular complexity index is 1560. The number of carbonyl (C=O) groups is 3. The van der Waals surface area contributed by atoms with Crippen molar-refractivity contribution in [1.29, 1.82) is 10.5 Å². The average Bonchev–Trinajstić information content (AvgIpc) is 3.63. The molecule has 3 rings (SSSR count). The third-order valence-corrected chi connectivity index (χ3v) is 7.67. The Morgan fingerprint density at radius 2 is 1.40 bits per heavy atom. The predicted molar refractivity (Wildman–Crippen MR) is 194 cm³/mol. The molecule has 15 nitrogen and oxygen atoms in total. The van der Waals surface area contributed by atoms with Crippen molar-refractivity contribution >= 4 is 17.7 Å². The molecule has 6 N–H and O–H groups in total. The summed E-state index contributed by atoms with van der Waals surface area (Å²) < 4.78 is 2.60. The molecule has 1 aromatic heterocycles. The molecule has 0 fully saturated rings. The summed E-state index contributed by atoms with van der Waals surface area (Å²) in [6.45, 7) is 10.2. The van der Waals surface area contributed by atoms with Crippen LogP contribution in [0, 0.1) is 39.9 Å². The molecule has 0 saturated heterocycles. The number of nitrogens with zero attached hydrogens (tertiary/aromatic N) is 6. The molecule has 0 aliphatic carbocycles. The maximum atomic E-state index is 12.5. The number of aromatic nitrogens is 3. The molecule has 0 spiro atoms. The van der Waals surface area contributed by atoms with E-state index in [2.05, 4.69) is 54.0 Å². The Morgan fingerprint density at radius 3 is 1.71 bits per heavy atom. The Balaban J connectivity index is 0.000000440. The van der Waals surface area contributed by atoms with Crippen LogP contribution in [-0.2, 0) is 14.4 Å². The highest BCUT2D eigenvalue weighted by atomic mass is 16.5. The van der Waals surface area contributed by atoms with Gasteiger partial charge < -0.3 is 25.3 Å². The number of nitrogens with one attached hydrogen (secondary N) is 3. The van der Waals surface area contributed by atoms with Crippen LogP contribution in [0.1, 0.15) is 69.3 Å². The minimum absolute atomic E-state index is 0.0278. The number of rotatable bonds is 12. The number of hydrogen-bond acceptors (Lipinski definition) is 10. The molecule has 52 heavy (non-hydrogen) atoms. The van der Waals surface area contributed by atoms with Gasteiger partial charge in [0.2, 0.25) is 11.8 Å². The van der Waals surface area contributed by atoms with Gasteiger partial charge in [0, 0.05) is 7.05 Å². The lowest BCUT2D eigenvalue weighted by atomic mass is 9.84. The van der Waals surface area contributed by atoms with E-state index in [-0.39, 0.29) is 30.9 Å². The predicted octanol–water partition coefficient (Wildman–Crippen LogP) is 2.14. The van der Waals surface area contributed by atoms with E-state index in [0.717, 1.165) is 22.2 Å². The highest BCUT2D eigenvalue weighted by molar-refractivity contribution is 5.92. The van der Waals surface area contributed by atoms with Crippen LogP contribution in [0.4, 0.5) is 0 Å². The third kappa shape index (κ3) is 15.0. The summed E-state index contributed by atoms with van der Waals surface area (Å²) in [5, 5.41) is 54.2. The number of quaternary nitrogens is 1. The van der Waals surface area contributed by atoms with E-state index in [9.17, 15) is 19.5 Å². The smallest absolute Gasteiger partial charge is 0.272 e. The number of amides is 3. The Morgan fingerprint density at radius 1 is 0.904 bits per heavy atom. The first kappa shape index (κ1) is 44.8. The van der Waals surface area contributed by atoms with Gasteiger partial charge in [0.25, 0.3) is 5.91 Å². The summed E-state index contributed by atoms with van der Waals surface area (Å²) in [6, 6.07) is 18.0. The number of carbonyl (C=O) groups excluding carboxylic acids is 3. The molecule has 15 heteroatoms. The first-order chi connectivity index (χ1) is 24.3. The number of nitriles is 2. The largest absolute Gasteiger partial charge is 0.391 e. The van der Waals surface area contributed by atoms with Gasteiger partial charge in [-0.15, -0.1) is 0 Å². The molecule has 1 heterocycles. The summed E-state index contributed by atoms with van der Waals surface area (Å²) in [4.78, 5) is 39.9. The van der Waals surface area contributed by atoms with Gasteiger partial charge in [-0.2, -0.15) is 15.6 Å². The van der Waals surface area contributed by atoms with Crippen molar-refractivity contribution < 1.29 is 34.3 Å². The quantitative estimate of drug-likeness (QED) is 0.0908. The molecule has 282 valence electrons. The topological polar surface area (TPSA) is 226 Å². The summed E-state index contributed by atoms with van der Waals surface area (Å²) in [6.07, 6.45) is 1.67. The van der Waals surface area contributed by atoms with Crippen LogP contribution in [0.3, 0.4) is 0 Å². The monoisotopic (exact) mass is 720 g/mol. The lowest BCUT2D eigenvalue weighted by Crippen LogP contribution is -2.56. The number of aliphatic hydroxyl groups excluding tert-OH is 2. The molecule has 0 saturated carbocycles. The fraction of sp³-hybridized carbons (Fsp3) is 0.486. The minimum Gasteiger partial charge on any atom is -0.391 e. The lowest BCUT2D eigenvalue weighted by molar-refractivity contribution is -0.870. The number of aliphatic hydroxyl groups is 2. The fourth-order valence-corrected chi connectivity index (χ4v) is 4.83. The van der Waals surface area contributed by atoms with Crippen molar-refractivity contribution in [3.8, 4) is 12.1 Å². The highest BCUT2D eigenvalue weighted by Crippen LogP contribution is 2.26. The highest BCUT2D eigenvalue weighted by Gasteiger charge is 2.38. The standard InChI is InChI=1S/C17H11N5.C15H29N3O5.C5H14NO/c18-9-13-1-5-15(6-2-13)17(22-12-20-11-21-22)16-7-3-14(10-19)4-8-16;1-8(2)7-9(10(19)13(21)18-23)12(20)17-11(14(22)16-6)15(3,4)5;1-6(2,3)4-5-7/h1-8,11-12,17H;8-11,19,23H,7H2,1-6H3,(H,16,22)(H,17,20)(H,18,21);7H,4-5H2,1-3H3/q;;+1/t;9-,10+,11-;/m.1./s1. The maximum absolute atomic E-state index is 12.5. The van der Waals surface area contributed by atoms with Gasteiger partial charge >= 0.3 is 0 Å². The molecular weight excluding hydrogens is 666 g/mol. The van der Waals surface area contributed by atoms with Crippen molar-refractivity contribution in [2.45, 2.75) is 59.2 Å². The van der Waals surface area contributed by atoms with Crippen LogP contribution >= 0.6 is 0 Å². The van der Waals surface area contributed by atoms with Crippen molar-refractivity contribution in [3.05, 3.63) is 83.4 Å². The van der Waals surface area contributed by atoms with Crippen molar-refractivity contribution in [2.75, 3.05) is 41.3 Å². The van der Waals surface area contributed by atoms with E-state index < -0.39 is 35.3 Å². The molecule has 3 atom stereocenters. The molecule has 3 aromatic rings. The zero-order chi connectivity index (χ0) is 39.6. The van der Waals surface area contributed by atoms with E-state index >= 15 is 0 Å². The van der Waals surface area contributed by atoms with Gasteiger partial charge in [-0.05, 0) is 53.1 Å². The number of hydrogen-bond donors (Lipinski definition) is 6. The SMILES string of the molecule is CNC(=O)[C@@H](NC(=O)[C@H](CC(C)C)[C@H](O)C(=O)NO)C(C)(C)C.C[N+](C)(C)CCO.N#Cc1ccc(C(c2ccc(C#N)cc2)n2cncn2)cc1. The van der Waals surface area contributed by atoms with Crippen LogP contribution < -0.4 is 16.1 Å². The Kier molecular flexibility index (Phi) is 18.3. The second kappa shape index (κ2) is 21.2. The Hall–Kier alpha value is -5.19. The summed E-state index contributed by atoms with van der Waals surface area (Å²) in [7, 11) is 7.62. The zero-order valence-corrected chi connectivity index (χ0v) is 31.5. The summed E-state index contributed by atoms with van der Waals surface area (Å²) in [5.74, 6) is -3.08. The van der Waals surface area contributed by atoms with Crippen molar-refractivity contribution in [2.24, 2.45) is 17.3 Å². The van der Waals surface area contributed by atoms with E-state index in [1.54, 1.807) is 56.0 Å². The molecule has 0 radical (unpaired) electrons. The number of hydroxylamine groups is 1. The van der Waals surface area contributed by atoms with Gasteiger partial charge in [0.15, 0.2) is 0 Å². The van der Waals surface area contributed by atoms with Crippen LogP contribution in [0.15, 0.2) is 61.2 Å². The number of benzene rings is 2. The normalized spacial score (nSPS) is 12.8. The molecule has 0 aliphatic heterocycles. The first-order valence-corrected chi connectivity index (χ1v) is 16.7. The van der Waals surface area contributed by atoms with Crippen LogP contribution in [0.2, 0.25) is 0 Å². The van der Waals surface area contributed by atoms with Crippen LogP contribution in [0.25, 0.3) is 0 Å². The second-order valence-electron chi connectivity index (χ2n) is 14.6. The molecule has 0 bridgehead atoms. The third-order valence-electron chi connectivity index (χ3n) is 7.67. The van der Waals surface area contributed by atoms with Crippen LogP contribution in [0.5, 0.6) is 0 Å². The zero-order valence-electron chi connectivity index (χ0n) is 31.5. The van der Waals surface area contributed by atoms with Gasteiger partial charge in [-0.25, -0.2) is 15.1 Å². The number of likely N-dealkylation sites (N-methyl/N-ethyl adjacent to an activating group) is 2. The molecule has 2 aromatic carbocycles. The second-order valence-corrected chi connectivity index (χ2v) is 14.6.